The average Bonchev–Trinajstić information content (AvgIpc) is 3.21. The Morgan fingerprint density at radius 1 is 1.22 bits per heavy atom. The van der Waals surface area contributed by atoms with E-state index in [1.54, 1.807) is 19.3 Å². The number of benzene rings is 2. The molecular formula is C22H25ClN2O2. The Bertz CT molecular complexity index is 800. The first-order valence-corrected chi connectivity index (χ1v) is 9.63. The number of hydrogen-bond donors (Lipinski definition) is 1. The topological polar surface area (TPSA) is 41.6 Å². The second-order valence-electron chi connectivity index (χ2n) is 6.67. The highest BCUT2D eigenvalue weighted by Crippen LogP contribution is 2.26. The summed E-state index contributed by atoms with van der Waals surface area (Å²) in [6.07, 6.45) is 5.75. The molecule has 0 spiro atoms. The van der Waals surface area contributed by atoms with Crippen LogP contribution in [0, 0.1) is 0 Å². The molecule has 1 aliphatic heterocycles. The van der Waals surface area contributed by atoms with Crippen molar-refractivity contribution in [3.05, 3.63) is 70.8 Å². The van der Waals surface area contributed by atoms with Crippen LogP contribution in [0.5, 0.6) is 5.75 Å². The summed E-state index contributed by atoms with van der Waals surface area (Å²) in [5.74, 6) is 0.664. The third-order valence-electron chi connectivity index (χ3n) is 4.81. The highest BCUT2D eigenvalue weighted by Gasteiger charge is 2.23. The third kappa shape index (κ3) is 5.59. The molecule has 0 aliphatic carbocycles. The Kier molecular flexibility index (Phi) is 6.91. The van der Waals surface area contributed by atoms with Gasteiger partial charge in [-0.25, -0.2) is 0 Å². The fraction of sp³-hybridized carbons (Fsp3) is 0.318. The lowest BCUT2D eigenvalue weighted by Gasteiger charge is -2.28. The molecule has 2 aromatic rings. The van der Waals surface area contributed by atoms with E-state index in [-0.39, 0.29) is 11.9 Å². The number of amides is 1. The lowest BCUT2D eigenvalue weighted by atomic mass is 10.1. The van der Waals surface area contributed by atoms with Crippen LogP contribution in [-0.2, 0) is 4.79 Å². The van der Waals surface area contributed by atoms with Crippen LogP contribution < -0.4 is 10.1 Å². The molecule has 1 heterocycles. The number of carbonyl (C=O) groups is 1. The van der Waals surface area contributed by atoms with Gasteiger partial charge < -0.3 is 10.1 Å². The van der Waals surface area contributed by atoms with Crippen molar-refractivity contribution in [1.82, 2.24) is 10.2 Å². The molecule has 27 heavy (non-hydrogen) atoms. The van der Waals surface area contributed by atoms with Crippen molar-refractivity contribution in [2.45, 2.75) is 18.9 Å². The second-order valence-corrected chi connectivity index (χ2v) is 7.11. The largest absolute Gasteiger partial charge is 0.497 e. The predicted octanol–water partition coefficient (Wildman–Crippen LogP) is 4.32. The molecule has 1 N–H and O–H groups in total. The Morgan fingerprint density at radius 2 is 2.00 bits per heavy atom. The summed E-state index contributed by atoms with van der Waals surface area (Å²) >= 11 is 6.17. The van der Waals surface area contributed by atoms with Gasteiger partial charge in [0.25, 0.3) is 0 Å². The van der Waals surface area contributed by atoms with Crippen molar-refractivity contribution in [2.24, 2.45) is 0 Å². The minimum atomic E-state index is -0.107. The van der Waals surface area contributed by atoms with Crippen LogP contribution in [0.1, 0.15) is 30.0 Å². The van der Waals surface area contributed by atoms with Crippen LogP contribution in [0.25, 0.3) is 6.08 Å². The SMILES string of the molecule is COc1cccc(/C=C/C(=O)NC[C@@H](c2cccc(Cl)c2)N2CCCC2)c1. The van der Waals surface area contributed by atoms with Gasteiger partial charge in [0.1, 0.15) is 5.75 Å². The van der Waals surface area contributed by atoms with E-state index < -0.39 is 0 Å². The highest BCUT2D eigenvalue weighted by molar-refractivity contribution is 6.30. The number of nitrogens with zero attached hydrogens (tertiary/aromatic N) is 1. The van der Waals surface area contributed by atoms with Crippen LogP contribution in [-0.4, -0.2) is 37.6 Å². The maximum Gasteiger partial charge on any atom is 0.244 e. The van der Waals surface area contributed by atoms with Crippen LogP contribution in [0.3, 0.4) is 0 Å². The molecule has 0 unspecified atom stereocenters. The number of ether oxygens (including phenoxy) is 1. The van der Waals surface area contributed by atoms with Crippen molar-refractivity contribution in [1.29, 1.82) is 0 Å². The molecule has 142 valence electrons. The first kappa shape index (κ1) is 19.5. The molecule has 1 aliphatic rings. The van der Waals surface area contributed by atoms with E-state index in [1.165, 1.54) is 12.8 Å². The fourth-order valence-corrected chi connectivity index (χ4v) is 3.60. The number of hydrogen-bond acceptors (Lipinski definition) is 3. The van der Waals surface area contributed by atoms with Crippen LogP contribution in [0.15, 0.2) is 54.6 Å². The molecule has 1 amide bonds. The Hall–Kier alpha value is -2.30. The van der Waals surface area contributed by atoms with E-state index in [2.05, 4.69) is 16.3 Å². The van der Waals surface area contributed by atoms with E-state index in [9.17, 15) is 4.79 Å². The molecule has 5 heteroatoms. The minimum absolute atomic E-state index is 0.107. The molecule has 4 nitrogen and oxygen atoms in total. The smallest absolute Gasteiger partial charge is 0.244 e. The maximum absolute atomic E-state index is 12.3. The van der Waals surface area contributed by atoms with E-state index in [4.69, 9.17) is 16.3 Å². The zero-order valence-corrected chi connectivity index (χ0v) is 16.3. The fourth-order valence-electron chi connectivity index (χ4n) is 3.40. The van der Waals surface area contributed by atoms with Gasteiger partial charge in [-0.15, -0.1) is 0 Å². The van der Waals surface area contributed by atoms with Crippen molar-refractivity contribution < 1.29 is 9.53 Å². The number of carbonyl (C=O) groups excluding carboxylic acids is 1. The monoisotopic (exact) mass is 384 g/mol. The van der Waals surface area contributed by atoms with Gasteiger partial charge in [0.2, 0.25) is 5.91 Å². The molecule has 2 aromatic carbocycles. The van der Waals surface area contributed by atoms with Gasteiger partial charge >= 0.3 is 0 Å². The summed E-state index contributed by atoms with van der Waals surface area (Å²) in [5.41, 5.74) is 2.07. The minimum Gasteiger partial charge on any atom is -0.497 e. The number of likely N-dealkylation sites (tertiary alicyclic amines) is 1. The molecular weight excluding hydrogens is 360 g/mol. The summed E-state index contributed by atoms with van der Waals surface area (Å²) in [7, 11) is 1.63. The summed E-state index contributed by atoms with van der Waals surface area (Å²) in [6, 6.07) is 15.7. The normalized spacial score (nSPS) is 15.8. The zero-order valence-electron chi connectivity index (χ0n) is 15.5. The number of methoxy groups -OCH3 is 1. The quantitative estimate of drug-likeness (QED) is 0.723. The standard InChI is InChI=1S/C22H25ClN2O2/c1-27-20-9-4-6-17(14-20)10-11-22(26)24-16-21(25-12-2-3-13-25)18-7-5-8-19(23)15-18/h4-11,14-15,21H,2-3,12-13,16H2,1H3,(H,24,26)/b11-10+/t21-/m0/s1. The van der Waals surface area contributed by atoms with Crippen molar-refractivity contribution >= 4 is 23.6 Å². The molecule has 0 radical (unpaired) electrons. The summed E-state index contributed by atoms with van der Waals surface area (Å²) in [5, 5.41) is 3.76. The Balaban J connectivity index is 1.64. The van der Waals surface area contributed by atoms with Gasteiger partial charge in [-0.2, -0.15) is 0 Å². The molecule has 0 saturated carbocycles. The van der Waals surface area contributed by atoms with Crippen LogP contribution >= 0.6 is 11.6 Å². The van der Waals surface area contributed by atoms with Crippen LogP contribution in [0.2, 0.25) is 5.02 Å². The molecule has 3 rings (SSSR count). The molecule has 0 bridgehead atoms. The van der Waals surface area contributed by atoms with Crippen LogP contribution in [0.4, 0.5) is 0 Å². The third-order valence-corrected chi connectivity index (χ3v) is 5.04. The Labute approximate surface area is 165 Å². The highest BCUT2D eigenvalue weighted by atomic mass is 35.5. The van der Waals surface area contributed by atoms with Gasteiger partial charge in [-0.1, -0.05) is 35.9 Å². The van der Waals surface area contributed by atoms with Crippen molar-refractivity contribution in [2.75, 3.05) is 26.7 Å². The van der Waals surface area contributed by atoms with Gasteiger partial charge in [0.15, 0.2) is 0 Å². The van der Waals surface area contributed by atoms with E-state index in [0.717, 1.165) is 35.0 Å². The summed E-state index contributed by atoms with van der Waals surface area (Å²) in [6.45, 7) is 2.65. The van der Waals surface area contributed by atoms with Gasteiger partial charge in [-0.05, 0) is 67.4 Å². The lowest BCUT2D eigenvalue weighted by molar-refractivity contribution is -0.116. The maximum atomic E-state index is 12.3. The first-order valence-electron chi connectivity index (χ1n) is 9.25. The predicted molar refractivity (Wildman–Crippen MR) is 110 cm³/mol. The van der Waals surface area contributed by atoms with E-state index >= 15 is 0 Å². The van der Waals surface area contributed by atoms with Crippen molar-refractivity contribution in [3.63, 3.8) is 0 Å². The second kappa shape index (κ2) is 9.58. The molecule has 0 aromatic heterocycles. The molecule has 1 atom stereocenters. The number of halogens is 1. The summed E-state index contributed by atoms with van der Waals surface area (Å²) < 4.78 is 5.21. The Morgan fingerprint density at radius 3 is 2.74 bits per heavy atom. The first-order chi connectivity index (χ1) is 13.2. The van der Waals surface area contributed by atoms with Gasteiger partial charge in [-0.3, -0.25) is 9.69 Å². The van der Waals surface area contributed by atoms with Gasteiger partial charge in [0.05, 0.1) is 13.2 Å². The molecule has 1 saturated heterocycles. The number of rotatable bonds is 7. The van der Waals surface area contributed by atoms with E-state index in [1.807, 2.05) is 42.5 Å². The number of nitrogens with one attached hydrogen (secondary N) is 1. The van der Waals surface area contributed by atoms with E-state index in [0.29, 0.717) is 6.54 Å². The van der Waals surface area contributed by atoms with Gasteiger partial charge in [0, 0.05) is 17.6 Å². The lowest BCUT2D eigenvalue weighted by Crippen LogP contribution is -2.36. The zero-order chi connectivity index (χ0) is 19.1. The summed E-state index contributed by atoms with van der Waals surface area (Å²) in [4.78, 5) is 14.7. The van der Waals surface area contributed by atoms with Crippen molar-refractivity contribution in [3.8, 4) is 5.75 Å². The average molecular weight is 385 g/mol. The molecule has 1 fully saturated rings.